The number of hydrogen-bond acceptors (Lipinski definition) is 5. The zero-order chi connectivity index (χ0) is 16.1. The van der Waals surface area contributed by atoms with Crippen LogP contribution in [-0.2, 0) is 0 Å². The van der Waals surface area contributed by atoms with Crippen molar-refractivity contribution >= 4 is 11.5 Å². The van der Waals surface area contributed by atoms with E-state index in [-0.39, 0.29) is 5.84 Å². The van der Waals surface area contributed by atoms with Crippen molar-refractivity contribution in [2.45, 2.75) is 19.1 Å². The van der Waals surface area contributed by atoms with Crippen LogP contribution in [0, 0.1) is 6.92 Å². The zero-order valence-electron chi connectivity index (χ0n) is 12.3. The molecule has 0 saturated heterocycles. The van der Waals surface area contributed by atoms with Gasteiger partial charge in [-0.05, 0) is 30.2 Å². The third-order valence-corrected chi connectivity index (χ3v) is 3.23. The summed E-state index contributed by atoms with van der Waals surface area (Å²) in [4.78, 5) is 0. The molecule has 2 aromatic rings. The molecule has 0 aliphatic rings. The van der Waals surface area contributed by atoms with Crippen molar-refractivity contribution in [1.82, 2.24) is 0 Å². The Morgan fingerprint density at radius 1 is 1.09 bits per heavy atom. The molecule has 2 unspecified atom stereocenters. The number of nitrogens with zero attached hydrogens (tertiary/aromatic N) is 2. The molecule has 0 amide bonds. The van der Waals surface area contributed by atoms with Crippen molar-refractivity contribution in [2.75, 3.05) is 5.12 Å². The molecular weight excluding hydrogens is 280 g/mol. The third kappa shape index (κ3) is 3.82. The molecule has 2 rings (SSSR count). The van der Waals surface area contributed by atoms with Gasteiger partial charge in [-0.25, -0.2) is 5.84 Å². The van der Waals surface area contributed by atoms with Crippen LogP contribution in [0.5, 0.6) is 0 Å². The topological polar surface area (TPSA) is 108 Å². The first-order valence-electron chi connectivity index (χ1n) is 6.85. The number of aliphatic hydroxyl groups excluding tert-OH is 2. The van der Waals surface area contributed by atoms with Crippen LogP contribution in [0.2, 0.25) is 0 Å². The van der Waals surface area contributed by atoms with Crippen molar-refractivity contribution in [3.05, 3.63) is 65.7 Å². The summed E-state index contributed by atoms with van der Waals surface area (Å²) in [6, 6.07) is 16.1. The van der Waals surface area contributed by atoms with E-state index in [9.17, 15) is 10.2 Å². The second-order valence-corrected chi connectivity index (χ2v) is 5.01. The minimum absolute atomic E-state index is 0.166. The number of anilines is 1. The fourth-order valence-corrected chi connectivity index (χ4v) is 2.01. The van der Waals surface area contributed by atoms with Crippen molar-refractivity contribution in [3.8, 4) is 0 Å². The van der Waals surface area contributed by atoms with E-state index in [1.54, 1.807) is 30.3 Å². The van der Waals surface area contributed by atoms with Gasteiger partial charge in [0.05, 0.1) is 5.69 Å². The molecule has 0 radical (unpaired) electrons. The van der Waals surface area contributed by atoms with Crippen LogP contribution < -0.4 is 16.7 Å². The number of hydrogen-bond donors (Lipinski definition) is 4. The van der Waals surface area contributed by atoms with Crippen LogP contribution in [-0.4, -0.2) is 22.2 Å². The Labute approximate surface area is 129 Å². The molecule has 2 atom stereocenters. The van der Waals surface area contributed by atoms with Gasteiger partial charge in [-0.2, -0.15) is 5.12 Å². The zero-order valence-corrected chi connectivity index (χ0v) is 12.3. The summed E-state index contributed by atoms with van der Waals surface area (Å²) in [6.45, 7) is 1.93. The highest BCUT2D eigenvalue weighted by atomic mass is 16.3. The average molecular weight is 300 g/mol. The Kier molecular flexibility index (Phi) is 5.11. The predicted molar refractivity (Wildman–Crippen MR) is 86.9 cm³/mol. The Hall–Kier alpha value is -2.41. The highest BCUT2D eigenvalue weighted by Crippen LogP contribution is 2.18. The predicted octanol–water partition coefficient (Wildman–Crippen LogP) is 1.04. The molecule has 0 saturated carbocycles. The Morgan fingerprint density at radius 2 is 1.77 bits per heavy atom. The van der Waals surface area contributed by atoms with Crippen molar-refractivity contribution in [2.24, 2.45) is 16.7 Å². The van der Waals surface area contributed by atoms with E-state index < -0.39 is 12.2 Å². The Balaban J connectivity index is 2.14. The van der Waals surface area contributed by atoms with Gasteiger partial charge in [0.1, 0.15) is 12.2 Å². The summed E-state index contributed by atoms with van der Waals surface area (Å²) in [7, 11) is 0. The number of aliphatic hydroxyl groups is 2. The first-order chi connectivity index (χ1) is 10.5. The fourth-order valence-electron chi connectivity index (χ4n) is 2.01. The molecule has 6 heteroatoms. The number of nitrogens with two attached hydrogens (primary N) is 2. The van der Waals surface area contributed by atoms with Crippen molar-refractivity contribution in [3.63, 3.8) is 0 Å². The van der Waals surface area contributed by atoms with Gasteiger partial charge in [0.2, 0.25) is 0 Å². The van der Waals surface area contributed by atoms with Crippen LogP contribution in [0.25, 0.3) is 0 Å². The summed E-state index contributed by atoms with van der Waals surface area (Å²) in [5, 5.41) is 25.2. The molecule has 0 bridgehead atoms. The highest BCUT2D eigenvalue weighted by molar-refractivity contribution is 5.86. The van der Waals surface area contributed by atoms with E-state index in [1.807, 2.05) is 31.2 Å². The lowest BCUT2D eigenvalue weighted by atomic mass is 10.0. The number of rotatable bonds is 5. The minimum atomic E-state index is -1.35. The maximum absolute atomic E-state index is 10.1. The first-order valence-corrected chi connectivity index (χ1v) is 6.85. The minimum Gasteiger partial charge on any atom is -0.385 e. The number of benzene rings is 2. The summed E-state index contributed by atoms with van der Waals surface area (Å²) in [5.41, 5.74) is 7.95. The van der Waals surface area contributed by atoms with Crippen molar-refractivity contribution < 1.29 is 10.2 Å². The molecule has 2 aromatic carbocycles. The summed E-state index contributed by atoms with van der Waals surface area (Å²) in [6.07, 6.45) is -2.52. The molecule has 0 aliphatic heterocycles. The first kappa shape index (κ1) is 16.0. The van der Waals surface area contributed by atoms with Gasteiger partial charge in [-0.3, -0.25) is 0 Å². The molecule has 0 aromatic heterocycles. The molecule has 6 N–H and O–H groups in total. The lowest BCUT2D eigenvalue weighted by Gasteiger charge is -2.20. The standard InChI is InChI=1S/C16H20N4O2/c1-11-6-5-9-13(10-11)20(18)19-16(17)15(22)14(21)12-7-3-2-4-8-12/h2-10,14-15,21-22H,18H2,1H3,(H2,17,19). The molecular formula is C16H20N4O2. The summed E-state index contributed by atoms with van der Waals surface area (Å²) in [5.74, 6) is 5.65. The van der Waals surface area contributed by atoms with Gasteiger partial charge in [-0.15, -0.1) is 5.10 Å². The SMILES string of the molecule is Cc1cccc(N(N)/N=C(\N)C(O)C(O)c2ccccc2)c1. The quantitative estimate of drug-likeness (QED) is 0.285. The van der Waals surface area contributed by atoms with E-state index >= 15 is 0 Å². The highest BCUT2D eigenvalue weighted by Gasteiger charge is 2.22. The number of amidine groups is 1. The van der Waals surface area contributed by atoms with E-state index in [0.29, 0.717) is 11.3 Å². The van der Waals surface area contributed by atoms with Crippen LogP contribution in [0.4, 0.5) is 5.69 Å². The lowest BCUT2D eigenvalue weighted by Crippen LogP contribution is -2.38. The van der Waals surface area contributed by atoms with E-state index in [0.717, 1.165) is 10.7 Å². The smallest absolute Gasteiger partial charge is 0.153 e. The molecule has 0 aliphatic carbocycles. The molecule has 6 nitrogen and oxygen atoms in total. The maximum atomic E-state index is 10.1. The molecule has 22 heavy (non-hydrogen) atoms. The van der Waals surface area contributed by atoms with Crippen LogP contribution in [0.15, 0.2) is 59.7 Å². The van der Waals surface area contributed by atoms with E-state index in [4.69, 9.17) is 11.6 Å². The second kappa shape index (κ2) is 7.04. The van der Waals surface area contributed by atoms with Gasteiger partial charge in [-0.1, -0.05) is 42.5 Å². The Morgan fingerprint density at radius 3 is 2.41 bits per heavy atom. The third-order valence-electron chi connectivity index (χ3n) is 3.23. The molecule has 0 heterocycles. The second-order valence-electron chi connectivity index (χ2n) is 5.01. The molecule has 0 fully saturated rings. The summed E-state index contributed by atoms with van der Waals surface area (Å²) >= 11 is 0. The average Bonchev–Trinajstić information content (AvgIpc) is 2.54. The molecule has 0 spiro atoms. The van der Waals surface area contributed by atoms with Gasteiger partial charge in [0.15, 0.2) is 5.84 Å². The molecule has 116 valence electrons. The Bertz CT molecular complexity index is 646. The van der Waals surface area contributed by atoms with E-state index in [2.05, 4.69) is 5.10 Å². The van der Waals surface area contributed by atoms with Gasteiger partial charge in [0, 0.05) is 0 Å². The van der Waals surface area contributed by atoms with Crippen LogP contribution in [0.3, 0.4) is 0 Å². The monoisotopic (exact) mass is 300 g/mol. The van der Waals surface area contributed by atoms with E-state index in [1.165, 1.54) is 0 Å². The van der Waals surface area contributed by atoms with Gasteiger partial charge in [0.25, 0.3) is 0 Å². The largest absolute Gasteiger partial charge is 0.385 e. The maximum Gasteiger partial charge on any atom is 0.153 e. The van der Waals surface area contributed by atoms with Crippen molar-refractivity contribution in [1.29, 1.82) is 0 Å². The van der Waals surface area contributed by atoms with Gasteiger partial charge >= 0.3 is 0 Å². The van der Waals surface area contributed by atoms with Crippen LogP contribution in [0.1, 0.15) is 17.2 Å². The summed E-state index contributed by atoms with van der Waals surface area (Å²) < 4.78 is 0. The number of hydrazine groups is 1. The lowest BCUT2D eigenvalue weighted by molar-refractivity contribution is 0.0590. The fraction of sp³-hybridized carbons (Fsp3) is 0.188. The van der Waals surface area contributed by atoms with Crippen LogP contribution >= 0.6 is 0 Å². The number of aryl methyl sites for hydroxylation is 1. The normalized spacial score (nSPS) is 14.5. The number of hydrazone groups is 1. The van der Waals surface area contributed by atoms with Gasteiger partial charge < -0.3 is 15.9 Å².